The second-order valence-corrected chi connectivity index (χ2v) is 5.49. The third-order valence-electron chi connectivity index (χ3n) is 4.04. The molecule has 1 aliphatic rings. The maximum Gasteiger partial charge on any atom is 0.343 e. The van der Waals surface area contributed by atoms with Crippen LogP contribution in [0.1, 0.15) is 22.8 Å². The molecule has 6 heteroatoms. The molecule has 2 aromatic rings. The van der Waals surface area contributed by atoms with Crippen molar-refractivity contribution in [3.8, 4) is 29.6 Å². The minimum atomic E-state index is -0.633. The molecule has 1 atom stereocenters. The summed E-state index contributed by atoms with van der Waals surface area (Å²) in [5.41, 5.74) is 6.76. The van der Waals surface area contributed by atoms with Gasteiger partial charge in [-0.05, 0) is 13.0 Å². The Morgan fingerprint density at radius 3 is 2.64 bits per heavy atom. The van der Waals surface area contributed by atoms with E-state index in [9.17, 15) is 4.79 Å². The van der Waals surface area contributed by atoms with Crippen LogP contribution in [0, 0.1) is 19.3 Å². The lowest BCUT2D eigenvalue weighted by molar-refractivity contribution is 0.366. The van der Waals surface area contributed by atoms with Crippen LogP contribution < -0.4 is 25.6 Å². The zero-order valence-electron chi connectivity index (χ0n) is 14.1. The van der Waals surface area contributed by atoms with Gasteiger partial charge in [-0.2, -0.15) is 0 Å². The predicted octanol–water partition coefficient (Wildman–Crippen LogP) is 2.29. The summed E-state index contributed by atoms with van der Waals surface area (Å²) in [7, 11) is 3.08. The van der Waals surface area contributed by atoms with Crippen molar-refractivity contribution in [1.82, 2.24) is 0 Å². The maximum atomic E-state index is 12.5. The van der Waals surface area contributed by atoms with Crippen LogP contribution in [-0.2, 0) is 0 Å². The van der Waals surface area contributed by atoms with E-state index >= 15 is 0 Å². The van der Waals surface area contributed by atoms with Gasteiger partial charge in [-0.15, -0.1) is 6.42 Å². The van der Waals surface area contributed by atoms with Crippen LogP contribution in [0.4, 0.5) is 0 Å². The zero-order valence-corrected chi connectivity index (χ0v) is 14.1. The molecular formula is C19H17NO5. The second kappa shape index (κ2) is 6.29. The molecule has 0 bridgehead atoms. The highest BCUT2D eigenvalue weighted by Crippen LogP contribution is 2.44. The Balaban J connectivity index is 2.32. The maximum absolute atomic E-state index is 12.5. The third-order valence-corrected chi connectivity index (χ3v) is 4.04. The molecule has 1 aromatic heterocycles. The Morgan fingerprint density at radius 1 is 1.24 bits per heavy atom. The van der Waals surface area contributed by atoms with E-state index < -0.39 is 11.5 Å². The molecule has 25 heavy (non-hydrogen) atoms. The lowest BCUT2D eigenvalue weighted by Crippen LogP contribution is -2.26. The van der Waals surface area contributed by atoms with Gasteiger partial charge in [0.15, 0.2) is 0 Å². The second-order valence-electron chi connectivity index (χ2n) is 5.49. The van der Waals surface area contributed by atoms with Gasteiger partial charge < -0.3 is 24.4 Å². The lowest BCUT2D eigenvalue weighted by Gasteiger charge is -2.27. The Morgan fingerprint density at radius 2 is 2.00 bits per heavy atom. The number of nitrogens with two attached hydrogens (primary N) is 1. The average molecular weight is 339 g/mol. The van der Waals surface area contributed by atoms with Crippen LogP contribution in [0.3, 0.4) is 0 Å². The molecule has 6 nitrogen and oxygen atoms in total. The van der Waals surface area contributed by atoms with E-state index in [4.69, 9.17) is 30.8 Å². The Bertz CT molecular complexity index is 965. The van der Waals surface area contributed by atoms with E-state index in [1.807, 2.05) is 0 Å². The van der Waals surface area contributed by atoms with Crippen LogP contribution in [-0.4, -0.2) is 14.2 Å². The summed E-state index contributed by atoms with van der Waals surface area (Å²) >= 11 is 0. The molecular weight excluding hydrogens is 322 g/mol. The smallest absolute Gasteiger partial charge is 0.343 e. The van der Waals surface area contributed by atoms with Crippen molar-refractivity contribution in [1.29, 1.82) is 0 Å². The third kappa shape index (κ3) is 2.70. The Hall–Kier alpha value is -3.33. The Kier molecular flexibility index (Phi) is 4.15. The van der Waals surface area contributed by atoms with Gasteiger partial charge in [0.1, 0.15) is 23.0 Å². The summed E-state index contributed by atoms with van der Waals surface area (Å²) in [4.78, 5) is 12.5. The number of ether oxygens (including phenoxy) is 3. The summed E-state index contributed by atoms with van der Waals surface area (Å²) in [6, 6.07) is 6.86. The molecule has 0 aliphatic carbocycles. The first-order valence-electron chi connectivity index (χ1n) is 7.50. The molecule has 1 aliphatic heterocycles. The number of allylic oxidation sites excluding steroid dienone is 1. The van der Waals surface area contributed by atoms with Crippen molar-refractivity contribution in [3.63, 3.8) is 0 Å². The van der Waals surface area contributed by atoms with Crippen LogP contribution in [0.15, 0.2) is 44.9 Å². The molecule has 0 radical (unpaired) electrons. The van der Waals surface area contributed by atoms with Crippen LogP contribution in [0.5, 0.6) is 17.2 Å². The molecule has 2 N–H and O–H groups in total. The van der Waals surface area contributed by atoms with E-state index in [1.54, 1.807) is 38.3 Å². The Labute approximate surface area is 144 Å². The molecule has 0 spiro atoms. The molecule has 3 rings (SSSR count). The fraction of sp³-hybridized carbons (Fsp3) is 0.211. The van der Waals surface area contributed by atoms with Gasteiger partial charge in [-0.1, -0.05) is 12.0 Å². The highest BCUT2D eigenvalue weighted by molar-refractivity contribution is 5.59. The zero-order chi connectivity index (χ0) is 18.1. The van der Waals surface area contributed by atoms with Gasteiger partial charge in [-0.25, -0.2) is 4.79 Å². The van der Waals surface area contributed by atoms with Crippen molar-refractivity contribution in [2.75, 3.05) is 14.2 Å². The van der Waals surface area contributed by atoms with Gasteiger partial charge in [0.05, 0.1) is 31.3 Å². The number of hydrogen-bond acceptors (Lipinski definition) is 6. The van der Waals surface area contributed by atoms with Crippen LogP contribution in [0.2, 0.25) is 0 Å². The van der Waals surface area contributed by atoms with E-state index in [0.717, 1.165) is 0 Å². The van der Waals surface area contributed by atoms with Gasteiger partial charge in [-0.3, -0.25) is 0 Å². The topological polar surface area (TPSA) is 83.9 Å². The molecule has 0 saturated carbocycles. The summed E-state index contributed by atoms with van der Waals surface area (Å²) in [6.45, 7) is 1.66. The van der Waals surface area contributed by atoms with Crippen molar-refractivity contribution in [2.45, 2.75) is 12.8 Å². The highest BCUT2D eigenvalue weighted by atomic mass is 16.5. The number of methoxy groups -OCH3 is 2. The summed E-state index contributed by atoms with van der Waals surface area (Å²) in [5.74, 6) is 3.84. The molecule has 1 aromatic carbocycles. The molecule has 0 saturated heterocycles. The van der Waals surface area contributed by atoms with Gasteiger partial charge in [0.2, 0.25) is 5.88 Å². The lowest BCUT2D eigenvalue weighted by atomic mass is 9.83. The van der Waals surface area contributed by atoms with Crippen molar-refractivity contribution in [2.24, 2.45) is 5.73 Å². The monoisotopic (exact) mass is 339 g/mol. The van der Waals surface area contributed by atoms with Crippen molar-refractivity contribution in [3.05, 3.63) is 63.0 Å². The molecule has 1 unspecified atom stereocenters. The number of benzene rings is 1. The van der Waals surface area contributed by atoms with Crippen molar-refractivity contribution < 1.29 is 18.6 Å². The molecule has 128 valence electrons. The predicted molar refractivity (Wildman–Crippen MR) is 91.8 cm³/mol. The number of terminal acetylenes is 1. The fourth-order valence-corrected chi connectivity index (χ4v) is 2.92. The number of rotatable bonds is 3. The first-order valence-corrected chi connectivity index (χ1v) is 7.50. The summed E-state index contributed by atoms with van der Waals surface area (Å²) < 4.78 is 21.5. The minimum Gasteiger partial charge on any atom is -0.497 e. The molecule has 2 heterocycles. The molecule has 0 fully saturated rings. The number of fused-ring (bicyclic) bond motifs is 1. The average Bonchev–Trinajstić information content (AvgIpc) is 2.59. The summed E-state index contributed by atoms with van der Waals surface area (Å²) in [6.07, 6.45) is 5.64. The normalized spacial score (nSPS) is 15.8. The highest BCUT2D eigenvalue weighted by Gasteiger charge is 2.35. The van der Waals surface area contributed by atoms with Gasteiger partial charge >= 0.3 is 5.63 Å². The van der Waals surface area contributed by atoms with Crippen LogP contribution in [0.25, 0.3) is 0 Å². The van der Waals surface area contributed by atoms with E-state index in [1.165, 1.54) is 7.11 Å². The summed E-state index contributed by atoms with van der Waals surface area (Å²) in [5, 5.41) is 0. The van der Waals surface area contributed by atoms with E-state index in [2.05, 4.69) is 5.92 Å². The largest absolute Gasteiger partial charge is 0.497 e. The quantitative estimate of drug-likeness (QED) is 0.864. The SMILES string of the molecule is C#CC1=C(N)Oc2cc(C)oc(=O)c2C1c1ccc(OC)cc1OC. The van der Waals surface area contributed by atoms with Gasteiger partial charge in [0, 0.05) is 17.7 Å². The number of hydrogen-bond donors (Lipinski definition) is 1. The standard InChI is InChI=1S/C19H17NO5/c1-5-12-16(13-7-6-11(22-3)9-14(13)23-4)17-15(25-18(12)20)8-10(2)24-19(17)21/h1,6-9,16H,20H2,2-4H3. The minimum absolute atomic E-state index is 0.0721. The van der Waals surface area contributed by atoms with Gasteiger partial charge in [0.25, 0.3) is 0 Å². The van der Waals surface area contributed by atoms with Crippen molar-refractivity contribution >= 4 is 0 Å². The van der Waals surface area contributed by atoms with E-state index in [-0.39, 0.29) is 11.4 Å². The first kappa shape index (κ1) is 16.5. The molecule has 0 amide bonds. The number of aryl methyl sites for hydroxylation is 1. The fourth-order valence-electron chi connectivity index (χ4n) is 2.92. The van der Waals surface area contributed by atoms with Crippen LogP contribution >= 0.6 is 0 Å². The van der Waals surface area contributed by atoms with E-state index in [0.29, 0.717) is 34.1 Å². The first-order chi connectivity index (χ1) is 12.0.